The van der Waals surface area contributed by atoms with Crippen LogP contribution in [0.4, 0.5) is 5.69 Å². The summed E-state index contributed by atoms with van der Waals surface area (Å²) in [6, 6.07) is 5.45. The van der Waals surface area contributed by atoms with E-state index in [1.807, 2.05) is 25.1 Å². The van der Waals surface area contributed by atoms with E-state index < -0.39 is 0 Å². The Morgan fingerprint density at radius 2 is 2.05 bits per heavy atom. The molecule has 0 saturated carbocycles. The van der Waals surface area contributed by atoms with E-state index in [0.29, 0.717) is 17.5 Å². The van der Waals surface area contributed by atoms with Crippen LogP contribution in [0.15, 0.2) is 22.7 Å². The lowest BCUT2D eigenvalue weighted by Crippen LogP contribution is -2.08. The topological polar surface area (TPSA) is 69.4 Å². The van der Waals surface area contributed by atoms with E-state index in [0.717, 1.165) is 11.4 Å². The summed E-state index contributed by atoms with van der Waals surface area (Å²) in [5, 5.41) is 7.04. The highest BCUT2D eigenvalue weighted by Gasteiger charge is 2.15. The second-order valence-electron chi connectivity index (χ2n) is 4.11. The second kappa shape index (κ2) is 5.60. The molecule has 0 radical (unpaired) electrons. The van der Waals surface area contributed by atoms with Crippen molar-refractivity contribution in [3.05, 3.63) is 29.9 Å². The van der Waals surface area contributed by atoms with Crippen molar-refractivity contribution < 1.29 is 14.0 Å². The molecule has 0 amide bonds. The molecule has 6 heteroatoms. The molecule has 1 aromatic heterocycles. The van der Waals surface area contributed by atoms with E-state index in [4.69, 9.17) is 14.0 Å². The van der Waals surface area contributed by atoms with Crippen LogP contribution < -0.4 is 14.8 Å². The zero-order chi connectivity index (χ0) is 13.8. The van der Waals surface area contributed by atoms with Crippen LogP contribution >= 0.6 is 0 Å². The van der Waals surface area contributed by atoms with Crippen molar-refractivity contribution in [2.24, 2.45) is 0 Å². The number of nitrogens with one attached hydrogen (secondary N) is 1. The highest BCUT2D eigenvalue weighted by atomic mass is 16.5. The fourth-order valence-electron chi connectivity index (χ4n) is 1.70. The van der Waals surface area contributed by atoms with E-state index in [1.165, 1.54) is 0 Å². The summed E-state index contributed by atoms with van der Waals surface area (Å²) in [6.07, 6.45) is 0. The lowest BCUT2D eigenvalue weighted by atomic mass is 10.2. The number of ether oxygens (including phenoxy) is 2. The maximum Gasteiger partial charge on any atom is 0.248 e. The van der Waals surface area contributed by atoms with Gasteiger partial charge in [-0.3, -0.25) is 0 Å². The van der Waals surface area contributed by atoms with Gasteiger partial charge in [0.2, 0.25) is 5.89 Å². The van der Waals surface area contributed by atoms with Gasteiger partial charge in [0.05, 0.1) is 19.9 Å². The van der Waals surface area contributed by atoms with Gasteiger partial charge < -0.3 is 19.3 Å². The molecule has 1 N–H and O–H groups in total. The first-order valence-electron chi connectivity index (χ1n) is 5.92. The molecule has 0 aliphatic heterocycles. The predicted molar refractivity (Wildman–Crippen MR) is 70.6 cm³/mol. The zero-order valence-electron chi connectivity index (χ0n) is 11.4. The van der Waals surface area contributed by atoms with Crippen LogP contribution in [0.3, 0.4) is 0 Å². The largest absolute Gasteiger partial charge is 0.497 e. The first-order chi connectivity index (χ1) is 9.13. The van der Waals surface area contributed by atoms with Crippen LogP contribution in [0.1, 0.15) is 24.7 Å². The first-order valence-corrected chi connectivity index (χ1v) is 5.92. The highest BCUT2D eigenvalue weighted by molar-refractivity contribution is 5.59. The van der Waals surface area contributed by atoms with Gasteiger partial charge in [0.1, 0.15) is 17.5 Å². The lowest BCUT2D eigenvalue weighted by Gasteiger charge is -2.15. The minimum Gasteiger partial charge on any atom is -0.497 e. The summed E-state index contributed by atoms with van der Waals surface area (Å²) < 4.78 is 15.6. The normalized spacial score (nSPS) is 12.0. The smallest absolute Gasteiger partial charge is 0.248 e. The summed E-state index contributed by atoms with van der Waals surface area (Å²) in [7, 11) is 3.23. The third-order valence-corrected chi connectivity index (χ3v) is 2.69. The van der Waals surface area contributed by atoms with Crippen molar-refractivity contribution in [2.75, 3.05) is 19.5 Å². The van der Waals surface area contributed by atoms with Gasteiger partial charge in [0.15, 0.2) is 5.82 Å². The minimum atomic E-state index is -0.108. The molecule has 102 valence electrons. The van der Waals surface area contributed by atoms with E-state index in [2.05, 4.69) is 15.5 Å². The summed E-state index contributed by atoms with van der Waals surface area (Å²) in [5.74, 6) is 2.59. The van der Waals surface area contributed by atoms with Crippen molar-refractivity contribution in [1.82, 2.24) is 10.1 Å². The summed E-state index contributed by atoms with van der Waals surface area (Å²) in [5.41, 5.74) is 0.839. The number of rotatable bonds is 5. The molecule has 1 aromatic carbocycles. The molecule has 0 bridgehead atoms. The van der Waals surface area contributed by atoms with Crippen LogP contribution in [-0.2, 0) is 0 Å². The van der Waals surface area contributed by atoms with Crippen LogP contribution in [-0.4, -0.2) is 24.4 Å². The molecular formula is C13H17N3O3. The number of nitrogens with zero attached hydrogens (tertiary/aromatic N) is 2. The molecule has 2 aromatic rings. The Labute approximate surface area is 111 Å². The quantitative estimate of drug-likeness (QED) is 0.894. The molecule has 19 heavy (non-hydrogen) atoms. The summed E-state index contributed by atoms with van der Waals surface area (Å²) in [6.45, 7) is 3.73. The van der Waals surface area contributed by atoms with Gasteiger partial charge in [-0.15, -0.1) is 0 Å². The molecule has 2 rings (SSSR count). The monoisotopic (exact) mass is 263 g/mol. The summed E-state index contributed by atoms with van der Waals surface area (Å²) >= 11 is 0. The SMILES string of the molecule is COc1ccc(N[C@@H](C)c2nc(C)no2)c(OC)c1. The molecule has 0 spiro atoms. The Balaban J connectivity index is 2.18. The third kappa shape index (κ3) is 2.96. The Morgan fingerprint density at radius 1 is 1.26 bits per heavy atom. The fraction of sp³-hybridized carbons (Fsp3) is 0.385. The number of methoxy groups -OCH3 is 2. The van der Waals surface area contributed by atoms with Gasteiger partial charge in [0.25, 0.3) is 0 Å². The maximum atomic E-state index is 5.32. The van der Waals surface area contributed by atoms with Crippen LogP contribution in [0, 0.1) is 6.92 Å². The zero-order valence-corrected chi connectivity index (χ0v) is 11.4. The van der Waals surface area contributed by atoms with Crippen molar-refractivity contribution >= 4 is 5.69 Å². The van der Waals surface area contributed by atoms with Gasteiger partial charge in [-0.1, -0.05) is 5.16 Å². The Hall–Kier alpha value is -2.24. The highest BCUT2D eigenvalue weighted by Crippen LogP contribution is 2.31. The number of anilines is 1. The van der Waals surface area contributed by atoms with Crippen LogP contribution in [0.2, 0.25) is 0 Å². The maximum absolute atomic E-state index is 5.32. The average molecular weight is 263 g/mol. The number of aromatic nitrogens is 2. The molecule has 0 saturated heterocycles. The van der Waals surface area contributed by atoms with Gasteiger partial charge >= 0.3 is 0 Å². The van der Waals surface area contributed by atoms with Crippen molar-refractivity contribution in [3.63, 3.8) is 0 Å². The van der Waals surface area contributed by atoms with E-state index in [-0.39, 0.29) is 6.04 Å². The van der Waals surface area contributed by atoms with E-state index in [9.17, 15) is 0 Å². The Bertz CT molecular complexity index is 554. The number of hydrogen-bond donors (Lipinski definition) is 1. The molecule has 0 unspecified atom stereocenters. The van der Waals surface area contributed by atoms with E-state index >= 15 is 0 Å². The van der Waals surface area contributed by atoms with Gasteiger partial charge in [-0.2, -0.15) is 4.98 Å². The molecule has 0 aliphatic carbocycles. The van der Waals surface area contributed by atoms with Crippen molar-refractivity contribution in [2.45, 2.75) is 19.9 Å². The molecule has 1 atom stereocenters. The molecule has 0 fully saturated rings. The second-order valence-corrected chi connectivity index (χ2v) is 4.11. The van der Waals surface area contributed by atoms with Gasteiger partial charge in [0, 0.05) is 6.07 Å². The third-order valence-electron chi connectivity index (χ3n) is 2.69. The average Bonchev–Trinajstić information content (AvgIpc) is 2.86. The number of aryl methyl sites for hydroxylation is 1. The van der Waals surface area contributed by atoms with Gasteiger partial charge in [-0.25, -0.2) is 0 Å². The van der Waals surface area contributed by atoms with Crippen LogP contribution in [0.25, 0.3) is 0 Å². The molecular weight excluding hydrogens is 246 g/mol. The van der Waals surface area contributed by atoms with E-state index in [1.54, 1.807) is 21.1 Å². The van der Waals surface area contributed by atoms with Crippen molar-refractivity contribution in [1.29, 1.82) is 0 Å². The van der Waals surface area contributed by atoms with Crippen LogP contribution in [0.5, 0.6) is 11.5 Å². The standard InChI is InChI=1S/C13H17N3O3/c1-8(13-15-9(2)16-19-13)14-11-6-5-10(17-3)7-12(11)18-4/h5-8,14H,1-4H3/t8-/m0/s1. The van der Waals surface area contributed by atoms with Gasteiger partial charge in [-0.05, 0) is 26.0 Å². The molecule has 1 heterocycles. The minimum absolute atomic E-state index is 0.108. The summed E-state index contributed by atoms with van der Waals surface area (Å²) in [4.78, 5) is 4.19. The molecule has 0 aliphatic rings. The van der Waals surface area contributed by atoms with Crippen molar-refractivity contribution in [3.8, 4) is 11.5 Å². The lowest BCUT2D eigenvalue weighted by molar-refractivity contribution is 0.363. The number of benzene rings is 1. The first kappa shape index (κ1) is 13.2. The number of hydrogen-bond acceptors (Lipinski definition) is 6. The predicted octanol–water partition coefficient (Wildman–Crippen LogP) is 2.57. The Kier molecular flexibility index (Phi) is 3.89. The Morgan fingerprint density at radius 3 is 2.63 bits per heavy atom. The molecule has 6 nitrogen and oxygen atoms in total. The fourth-order valence-corrected chi connectivity index (χ4v) is 1.70.